The molecule has 0 aliphatic carbocycles. The summed E-state index contributed by atoms with van der Waals surface area (Å²) >= 11 is 3.26. The number of anilines is 1. The number of nitrogens with zero attached hydrogens (tertiary/aromatic N) is 3. The van der Waals surface area contributed by atoms with Crippen LogP contribution >= 0.6 is 15.9 Å². The number of benzene rings is 1. The molecule has 0 saturated heterocycles. The highest BCUT2D eigenvalue weighted by molar-refractivity contribution is 9.10. The van der Waals surface area contributed by atoms with Crippen LogP contribution < -0.4 is 11.1 Å². The zero-order valence-corrected chi connectivity index (χ0v) is 10.2. The highest BCUT2D eigenvalue weighted by Crippen LogP contribution is 2.23. The number of nitrogens with one attached hydrogen (secondary N) is 2. The standard InChI is InChI=1S/C9H9BrN6O/c10-8-5(2-1-3-6(8)11)9(17)12-4-7-13-15-16-14-7/h1-3H,4,11H2,(H,12,17)(H,13,14,15,16). The van der Waals surface area contributed by atoms with Gasteiger partial charge in [0.15, 0.2) is 5.82 Å². The average molecular weight is 297 g/mol. The van der Waals surface area contributed by atoms with Crippen LogP contribution in [0.3, 0.4) is 0 Å². The number of nitrogens with two attached hydrogens (primary N) is 1. The molecule has 2 aromatic rings. The van der Waals surface area contributed by atoms with Crippen molar-refractivity contribution in [2.24, 2.45) is 0 Å². The summed E-state index contributed by atoms with van der Waals surface area (Å²) in [7, 11) is 0. The van der Waals surface area contributed by atoms with Crippen LogP contribution in [-0.4, -0.2) is 26.5 Å². The highest BCUT2D eigenvalue weighted by atomic mass is 79.9. The zero-order valence-electron chi connectivity index (χ0n) is 8.64. The molecular formula is C9H9BrN6O. The summed E-state index contributed by atoms with van der Waals surface area (Å²) in [5.41, 5.74) is 6.66. The molecule has 0 saturated carbocycles. The second-order valence-corrected chi connectivity index (χ2v) is 4.01. The van der Waals surface area contributed by atoms with Crippen molar-refractivity contribution in [1.29, 1.82) is 0 Å². The minimum atomic E-state index is -0.256. The van der Waals surface area contributed by atoms with Crippen molar-refractivity contribution >= 4 is 27.5 Å². The first-order valence-electron chi connectivity index (χ1n) is 4.73. The summed E-state index contributed by atoms with van der Waals surface area (Å²) in [5, 5.41) is 15.8. The smallest absolute Gasteiger partial charge is 0.252 e. The molecule has 1 aromatic carbocycles. The second-order valence-electron chi connectivity index (χ2n) is 3.22. The Morgan fingerprint density at radius 1 is 1.53 bits per heavy atom. The van der Waals surface area contributed by atoms with Gasteiger partial charge in [0.2, 0.25) is 0 Å². The topological polar surface area (TPSA) is 110 Å². The van der Waals surface area contributed by atoms with Gasteiger partial charge in [-0.2, -0.15) is 5.21 Å². The van der Waals surface area contributed by atoms with Gasteiger partial charge in [0.25, 0.3) is 5.91 Å². The lowest BCUT2D eigenvalue weighted by Gasteiger charge is -2.06. The normalized spacial score (nSPS) is 10.2. The third-order valence-electron chi connectivity index (χ3n) is 2.07. The lowest BCUT2D eigenvalue weighted by molar-refractivity contribution is 0.0949. The van der Waals surface area contributed by atoms with Crippen LogP contribution in [-0.2, 0) is 6.54 Å². The SMILES string of the molecule is Nc1cccc(C(=O)NCc2nn[nH]n2)c1Br. The molecule has 1 aromatic heterocycles. The van der Waals surface area contributed by atoms with E-state index in [4.69, 9.17) is 5.73 Å². The summed E-state index contributed by atoms with van der Waals surface area (Å²) in [6.45, 7) is 0.205. The van der Waals surface area contributed by atoms with Gasteiger partial charge in [-0.05, 0) is 28.1 Å². The van der Waals surface area contributed by atoms with Gasteiger partial charge in [-0.1, -0.05) is 11.3 Å². The Morgan fingerprint density at radius 2 is 2.35 bits per heavy atom. The number of aromatic nitrogens is 4. The molecular weight excluding hydrogens is 288 g/mol. The number of hydrogen-bond acceptors (Lipinski definition) is 5. The van der Waals surface area contributed by atoms with E-state index in [0.29, 0.717) is 21.5 Å². The van der Waals surface area contributed by atoms with Crippen molar-refractivity contribution in [3.05, 3.63) is 34.1 Å². The van der Waals surface area contributed by atoms with E-state index in [0.717, 1.165) is 0 Å². The Balaban J connectivity index is 2.07. The molecule has 4 N–H and O–H groups in total. The predicted molar refractivity (Wildman–Crippen MR) is 63.9 cm³/mol. The molecule has 0 bridgehead atoms. The van der Waals surface area contributed by atoms with Crippen LogP contribution in [0.15, 0.2) is 22.7 Å². The highest BCUT2D eigenvalue weighted by Gasteiger charge is 2.11. The maximum atomic E-state index is 11.8. The van der Waals surface area contributed by atoms with Gasteiger partial charge in [-0.3, -0.25) is 4.79 Å². The molecule has 0 unspecified atom stereocenters. The first kappa shape index (κ1) is 11.5. The summed E-state index contributed by atoms with van der Waals surface area (Å²) in [6, 6.07) is 5.09. The van der Waals surface area contributed by atoms with E-state index in [-0.39, 0.29) is 12.5 Å². The number of hydrogen-bond donors (Lipinski definition) is 3. The van der Waals surface area contributed by atoms with Crippen LogP contribution in [0, 0.1) is 0 Å². The van der Waals surface area contributed by atoms with Crippen molar-refractivity contribution < 1.29 is 4.79 Å². The van der Waals surface area contributed by atoms with Gasteiger partial charge >= 0.3 is 0 Å². The number of H-pyrrole nitrogens is 1. The molecule has 0 atom stereocenters. The fourth-order valence-electron chi connectivity index (χ4n) is 1.24. The van der Waals surface area contributed by atoms with Crippen LogP contribution in [0.4, 0.5) is 5.69 Å². The van der Waals surface area contributed by atoms with Crippen LogP contribution in [0.2, 0.25) is 0 Å². The van der Waals surface area contributed by atoms with Gasteiger partial charge in [-0.15, -0.1) is 10.2 Å². The van der Waals surface area contributed by atoms with Crippen molar-refractivity contribution in [2.75, 3.05) is 5.73 Å². The van der Waals surface area contributed by atoms with E-state index in [1.807, 2.05) is 0 Å². The maximum absolute atomic E-state index is 11.8. The molecule has 0 spiro atoms. The number of aromatic amines is 1. The number of halogens is 1. The van der Waals surface area contributed by atoms with E-state index >= 15 is 0 Å². The molecule has 88 valence electrons. The summed E-state index contributed by atoms with van der Waals surface area (Å²) in [5.74, 6) is 0.160. The minimum Gasteiger partial charge on any atom is -0.398 e. The van der Waals surface area contributed by atoms with E-state index in [9.17, 15) is 4.79 Å². The third-order valence-corrected chi connectivity index (χ3v) is 2.95. The molecule has 8 heteroatoms. The van der Waals surface area contributed by atoms with Gasteiger partial charge in [0.1, 0.15) is 0 Å². The first-order chi connectivity index (χ1) is 8.18. The lowest BCUT2D eigenvalue weighted by Crippen LogP contribution is -2.24. The number of carbonyl (C=O) groups is 1. The second kappa shape index (κ2) is 4.91. The molecule has 1 amide bonds. The van der Waals surface area contributed by atoms with Gasteiger partial charge in [-0.25, -0.2) is 0 Å². The minimum absolute atomic E-state index is 0.205. The van der Waals surface area contributed by atoms with E-state index in [1.165, 1.54) is 0 Å². The predicted octanol–water partition coefficient (Wildman–Crippen LogP) is 0.474. The Hall–Kier alpha value is -1.96. The van der Waals surface area contributed by atoms with Gasteiger partial charge < -0.3 is 11.1 Å². The van der Waals surface area contributed by atoms with Gasteiger partial charge in [0, 0.05) is 5.69 Å². The monoisotopic (exact) mass is 296 g/mol. The van der Waals surface area contributed by atoms with Crippen molar-refractivity contribution in [2.45, 2.75) is 6.54 Å². The number of rotatable bonds is 3. The summed E-state index contributed by atoms with van der Waals surface area (Å²) in [6.07, 6.45) is 0. The summed E-state index contributed by atoms with van der Waals surface area (Å²) in [4.78, 5) is 11.8. The molecule has 0 radical (unpaired) electrons. The molecule has 7 nitrogen and oxygen atoms in total. The molecule has 2 rings (SSSR count). The van der Waals surface area contributed by atoms with E-state index in [1.54, 1.807) is 18.2 Å². The van der Waals surface area contributed by atoms with Crippen molar-refractivity contribution in [3.8, 4) is 0 Å². The Kier molecular flexibility index (Phi) is 3.33. The summed E-state index contributed by atoms with van der Waals surface area (Å²) < 4.78 is 0.575. The Bertz CT molecular complexity index is 526. The molecule has 0 aliphatic heterocycles. The average Bonchev–Trinajstić information content (AvgIpc) is 2.82. The quantitative estimate of drug-likeness (QED) is 0.714. The van der Waals surface area contributed by atoms with Crippen molar-refractivity contribution in [1.82, 2.24) is 25.9 Å². The zero-order chi connectivity index (χ0) is 12.3. The Labute approximate surface area is 105 Å². The van der Waals surface area contributed by atoms with Crippen molar-refractivity contribution in [3.63, 3.8) is 0 Å². The lowest BCUT2D eigenvalue weighted by atomic mass is 10.2. The largest absolute Gasteiger partial charge is 0.398 e. The van der Waals surface area contributed by atoms with Crippen LogP contribution in [0.5, 0.6) is 0 Å². The number of tetrazole rings is 1. The molecule has 1 heterocycles. The fourth-order valence-corrected chi connectivity index (χ4v) is 1.68. The van der Waals surface area contributed by atoms with E-state index in [2.05, 4.69) is 41.9 Å². The first-order valence-corrected chi connectivity index (χ1v) is 5.52. The molecule has 0 aliphatic rings. The molecule has 17 heavy (non-hydrogen) atoms. The Morgan fingerprint density at radius 3 is 3.06 bits per heavy atom. The number of nitrogen functional groups attached to an aromatic ring is 1. The van der Waals surface area contributed by atoms with E-state index < -0.39 is 0 Å². The third kappa shape index (κ3) is 2.59. The number of carbonyl (C=O) groups excluding carboxylic acids is 1. The fraction of sp³-hybridized carbons (Fsp3) is 0.111. The molecule has 0 fully saturated rings. The maximum Gasteiger partial charge on any atom is 0.252 e. The number of amides is 1. The van der Waals surface area contributed by atoms with Gasteiger partial charge in [0.05, 0.1) is 16.6 Å². The van der Waals surface area contributed by atoms with Crippen LogP contribution in [0.1, 0.15) is 16.2 Å². The van der Waals surface area contributed by atoms with Crippen LogP contribution in [0.25, 0.3) is 0 Å².